The van der Waals surface area contributed by atoms with Gasteiger partial charge in [-0.1, -0.05) is 58.1 Å². The summed E-state index contributed by atoms with van der Waals surface area (Å²) in [5, 5.41) is 25.9. The number of fused-ring (bicyclic) bond motifs is 1. The number of hydrogen-bond acceptors (Lipinski definition) is 3. The zero-order chi connectivity index (χ0) is 22.1. The highest BCUT2D eigenvalue weighted by Gasteiger charge is 2.36. The third kappa shape index (κ3) is 4.00. The van der Waals surface area contributed by atoms with Gasteiger partial charge >= 0.3 is 11.9 Å². The van der Waals surface area contributed by atoms with Crippen LogP contribution < -0.4 is 14.5 Å². The SMILES string of the molecule is Cc1ccccc1NC(=O)C[n+]1c(O)[n+](-c2ccc(Cl)c(Cl)c2)c(O)c2ccccc21. The summed E-state index contributed by atoms with van der Waals surface area (Å²) in [5.74, 6) is -0.520. The molecule has 1 heterocycles. The number of aromatic hydroxyl groups is 2. The Morgan fingerprint density at radius 2 is 1.68 bits per heavy atom. The van der Waals surface area contributed by atoms with Crippen LogP contribution in [0.15, 0.2) is 66.7 Å². The van der Waals surface area contributed by atoms with E-state index in [1.165, 1.54) is 15.2 Å². The predicted octanol–water partition coefficient (Wildman–Crippen LogP) is 4.07. The van der Waals surface area contributed by atoms with Gasteiger partial charge in [-0.3, -0.25) is 4.79 Å². The third-order valence-corrected chi connectivity index (χ3v) is 5.71. The molecular formula is C23H19Cl2N3O3+2. The van der Waals surface area contributed by atoms with Crippen molar-refractivity contribution >= 4 is 45.7 Å². The summed E-state index contributed by atoms with van der Waals surface area (Å²) in [6, 6.07) is 18.7. The van der Waals surface area contributed by atoms with E-state index >= 15 is 0 Å². The number of hydrogen-bond donors (Lipinski definition) is 3. The van der Waals surface area contributed by atoms with Crippen molar-refractivity contribution in [3.8, 4) is 17.6 Å². The number of benzene rings is 3. The highest BCUT2D eigenvalue weighted by Crippen LogP contribution is 2.26. The van der Waals surface area contributed by atoms with Gasteiger partial charge in [0.1, 0.15) is 0 Å². The fraction of sp³-hybridized carbons (Fsp3) is 0.0870. The minimum atomic E-state index is -0.338. The van der Waals surface area contributed by atoms with E-state index in [1.807, 2.05) is 31.2 Å². The lowest BCUT2D eigenvalue weighted by molar-refractivity contribution is -0.774. The van der Waals surface area contributed by atoms with Gasteiger partial charge in [0.25, 0.3) is 5.91 Å². The van der Waals surface area contributed by atoms with Crippen molar-refractivity contribution < 1.29 is 24.1 Å². The first-order chi connectivity index (χ1) is 14.9. The second-order valence-electron chi connectivity index (χ2n) is 7.02. The minimum Gasteiger partial charge on any atom is -0.459 e. The van der Waals surface area contributed by atoms with Crippen molar-refractivity contribution in [2.75, 3.05) is 5.32 Å². The van der Waals surface area contributed by atoms with Gasteiger partial charge in [0.05, 0.1) is 10.0 Å². The molecule has 156 valence electrons. The van der Waals surface area contributed by atoms with E-state index in [1.54, 1.807) is 36.4 Å². The number of aryl methyl sites for hydroxylation is 1. The molecule has 3 aromatic carbocycles. The lowest BCUT2D eigenvalue weighted by atomic mass is 10.2. The summed E-state index contributed by atoms with van der Waals surface area (Å²) in [5.41, 5.74) is 2.50. The smallest absolute Gasteiger partial charge is 0.459 e. The molecule has 4 aromatic rings. The van der Waals surface area contributed by atoms with Gasteiger partial charge in [-0.15, -0.1) is 0 Å². The average molecular weight is 456 g/mol. The number of para-hydroxylation sites is 2. The Morgan fingerprint density at radius 3 is 2.42 bits per heavy atom. The van der Waals surface area contributed by atoms with Crippen molar-refractivity contribution in [3.63, 3.8) is 0 Å². The van der Waals surface area contributed by atoms with Crippen LogP contribution in [-0.4, -0.2) is 16.1 Å². The highest BCUT2D eigenvalue weighted by atomic mass is 35.5. The number of amides is 1. The number of rotatable bonds is 4. The minimum absolute atomic E-state index is 0.178. The Hall–Kier alpha value is -3.35. The molecule has 0 aliphatic heterocycles. The van der Waals surface area contributed by atoms with Crippen molar-refractivity contribution in [2.24, 2.45) is 0 Å². The van der Waals surface area contributed by atoms with E-state index in [4.69, 9.17) is 23.2 Å². The van der Waals surface area contributed by atoms with Gasteiger partial charge in [0, 0.05) is 23.9 Å². The van der Waals surface area contributed by atoms with Crippen molar-refractivity contribution in [3.05, 3.63) is 82.3 Å². The molecule has 6 nitrogen and oxygen atoms in total. The average Bonchev–Trinajstić information content (AvgIpc) is 2.75. The standard InChI is InChI=1S/C23H17Cl2N3O3/c1-14-6-2-4-8-19(14)26-21(29)13-27-20-9-5-3-7-16(20)22(30)28(23(27)31)15-10-11-17(24)18(25)12-15/h2-12H,13H2,1H3,(H,26,29)/p+2. The number of nitrogens with zero attached hydrogens (tertiary/aromatic N) is 2. The number of halogens is 2. The van der Waals surface area contributed by atoms with Crippen LogP contribution in [0.3, 0.4) is 0 Å². The molecule has 0 fully saturated rings. The van der Waals surface area contributed by atoms with E-state index in [0.29, 0.717) is 27.3 Å². The second-order valence-corrected chi connectivity index (χ2v) is 7.84. The number of carbonyl (C=O) groups excluding carboxylic acids is 1. The molecular weight excluding hydrogens is 437 g/mol. The first-order valence-electron chi connectivity index (χ1n) is 9.46. The number of nitrogens with one attached hydrogen (secondary N) is 1. The topological polar surface area (TPSA) is 77.3 Å². The van der Waals surface area contributed by atoms with Gasteiger partial charge in [0.2, 0.25) is 17.7 Å². The molecule has 1 amide bonds. The fourth-order valence-corrected chi connectivity index (χ4v) is 3.70. The predicted molar refractivity (Wildman–Crippen MR) is 119 cm³/mol. The Labute approximate surface area is 188 Å². The number of aromatic nitrogens is 2. The molecule has 0 bridgehead atoms. The zero-order valence-electron chi connectivity index (χ0n) is 16.5. The molecule has 4 rings (SSSR count). The van der Waals surface area contributed by atoms with E-state index in [9.17, 15) is 15.0 Å². The maximum Gasteiger partial charge on any atom is 0.638 e. The van der Waals surface area contributed by atoms with Crippen LogP contribution in [0.5, 0.6) is 11.9 Å². The molecule has 0 unspecified atom stereocenters. The molecule has 0 aliphatic carbocycles. The van der Waals surface area contributed by atoms with Crippen LogP contribution in [0.1, 0.15) is 5.56 Å². The Kier molecular flexibility index (Phi) is 5.67. The van der Waals surface area contributed by atoms with E-state index in [-0.39, 0.29) is 29.4 Å². The van der Waals surface area contributed by atoms with Crippen LogP contribution in [0.25, 0.3) is 16.6 Å². The summed E-state index contributed by atoms with van der Waals surface area (Å²) < 4.78 is 2.64. The molecule has 3 N–H and O–H groups in total. The number of carbonyl (C=O) groups is 1. The van der Waals surface area contributed by atoms with Crippen LogP contribution >= 0.6 is 23.2 Å². The van der Waals surface area contributed by atoms with E-state index in [2.05, 4.69) is 5.32 Å². The highest BCUT2D eigenvalue weighted by molar-refractivity contribution is 6.42. The molecule has 0 saturated heterocycles. The monoisotopic (exact) mass is 455 g/mol. The normalized spacial score (nSPS) is 10.9. The van der Waals surface area contributed by atoms with E-state index < -0.39 is 0 Å². The molecule has 8 heteroatoms. The van der Waals surface area contributed by atoms with Crippen LogP contribution in [0, 0.1) is 6.92 Å². The van der Waals surface area contributed by atoms with Crippen LogP contribution in [-0.2, 0) is 11.3 Å². The molecule has 1 aromatic heterocycles. The maximum atomic E-state index is 12.8. The van der Waals surface area contributed by atoms with Crippen molar-refractivity contribution in [2.45, 2.75) is 13.5 Å². The lowest BCUT2D eigenvalue weighted by Gasteiger charge is -2.08. The largest absolute Gasteiger partial charge is 0.638 e. The third-order valence-electron chi connectivity index (χ3n) is 4.97. The summed E-state index contributed by atoms with van der Waals surface area (Å²) in [4.78, 5) is 12.8. The quantitative estimate of drug-likeness (QED) is 0.406. The second kappa shape index (κ2) is 8.41. The molecule has 31 heavy (non-hydrogen) atoms. The Bertz CT molecular complexity index is 1330. The van der Waals surface area contributed by atoms with Crippen molar-refractivity contribution in [1.82, 2.24) is 0 Å². The Balaban J connectivity index is 1.83. The molecule has 0 spiro atoms. The van der Waals surface area contributed by atoms with Gasteiger partial charge in [-0.25, -0.2) is 0 Å². The summed E-state index contributed by atoms with van der Waals surface area (Å²) in [6.45, 7) is 1.72. The lowest BCUT2D eigenvalue weighted by Crippen LogP contribution is -2.49. The first-order valence-corrected chi connectivity index (χ1v) is 10.2. The first kappa shape index (κ1) is 20.9. The fourth-order valence-electron chi connectivity index (χ4n) is 3.41. The summed E-state index contributed by atoms with van der Waals surface area (Å²) >= 11 is 12.1. The van der Waals surface area contributed by atoms with Gasteiger partial charge in [-0.05, 0) is 35.3 Å². The Morgan fingerprint density at radius 1 is 0.968 bits per heavy atom. The van der Waals surface area contributed by atoms with Gasteiger partial charge in [-0.2, -0.15) is 0 Å². The summed E-state index contributed by atoms with van der Waals surface area (Å²) in [7, 11) is 0. The maximum absolute atomic E-state index is 12.8. The van der Waals surface area contributed by atoms with Gasteiger partial charge in [0.15, 0.2) is 5.39 Å². The molecule has 0 atom stereocenters. The van der Waals surface area contributed by atoms with Crippen LogP contribution in [0.2, 0.25) is 10.0 Å². The number of anilines is 1. The molecule has 0 aliphatic rings. The van der Waals surface area contributed by atoms with E-state index in [0.717, 1.165) is 5.56 Å². The van der Waals surface area contributed by atoms with Gasteiger partial charge < -0.3 is 15.5 Å². The van der Waals surface area contributed by atoms with Crippen molar-refractivity contribution in [1.29, 1.82) is 0 Å². The zero-order valence-corrected chi connectivity index (χ0v) is 18.0. The molecule has 0 saturated carbocycles. The molecule has 0 radical (unpaired) electrons. The summed E-state index contributed by atoms with van der Waals surface area (Å²) in [6.07, 6.45) is 0. The van der Waals surface area contributed by atoms with Crippen LogP contribution in [0.4, 0.5) is 5.69 Å².